The van der Waals surface area contributed by atoms with Crippen molar-refractivity contribution >= 4 is 17.6 Å². The molecular weight excluding hydrogens is 292 g/mol. The Hall–Kier alpha value is -1.85. The second-order valence-corrected chi connectivity index (χ2v) is 5.72. The molecule has 0 spiro atoms. The smallest absolute Gasteiger partial charge is 0.354 e. The fraction of sp³-hybridized carbons (Fsp3) is 0.333. The Balaban J connectivity index is 2.08. The number of aliphatic hydroxyl groups excluding tert-OH is 1. The number of hydrogen-bond donors (Lipinski definition) is 2. The quantitative estimate of drug-likeness (QED) is 0.910. The number of aliphatic hydroxyl groups is 1. The van der Waals surface area contributed by atoms with E-state index in [1.54, 1.807) is 31.2 Å². The number of rotatable bonds is 4. The van der Waals surface area contributed by atoms with Crippen molar-refractivity contribution in [1.29, 1.82) is 0 Å². The van der Waals surface area contributed by atoms with E-state index in [1.807, 2.05) is 0 Å². The van der Waals surface area contributed by atoms with Crippen molar-refractivity contribution in [2.24, 2.45) is 0 Å². The Bertz CT molecular complexity index is 690. The van der Waals surface area contributed by atoms with Crippen LogP contribution in [0.4, 0.5) is 0 Å². The highest BCUT2D eigenvalue weighted by atomic mass is 35.5. The first kappa shape index (κ1) is 14.1. The first-order chi connectivity index (χ1) is 9.99. The molecule has 1 atom stereocenters. The molecule has 1 unspecified atom stereocenters. The summed E-state index contributed by atoms with van der Waals surface area (Å²) in [5.41, 5.74) is 1.58. The van der Waals surface area contributed by atoms with Gasteiger partial charge in [0.05, 0.1) is 11.7 Å². The largest absolute Gasteiger partial charge is 0.477 e. The van der Waals surface area contributed by atoms with Gasteiger partial charge in [0, 0.05) is 10.6 Å². The van der Waals surface area contributed by atoms with Crippen molar-refractivity contribution < 1.29 is 15.0 Å². The lowest BCUT2D eigenvalue weighted by atomic mass is 9.99. The van der Waals surface area contributed by atoms with Crippen LogP contribution in [0.25, 0.3) is 0 Å². The first-order valence-electron chi connectivity index (χ1n) is 6.75. The third kappa shape index (κ3) is 2.54. The predicted molar refractivity (Wildman–Crippen MR) is 77.7 cm³/mol. The molecule has 0 aliphatic heterocycles. The van der Waals surface area contributed by atoms with Crippen molar-refractivity contribution in [3.05, 3.63) is 51.8 Å². The third-order valence-corrected chi connectivity index (χ3v) is 3.94. The van der Waals surface area contributed by atoms with E-state index in [1.165, 1.54) is 4.68 Å². The van der Waals surface area contributed by atoms with Gasteiger partial charge in [0.2, 0.25) is 0 Å². The Morgan fingerprint density at radius 1 is 1.38 bits per heavy atom. The molecule has 6 heteroatoms. The summed E-state index contributed by atoms with van der Waals surface area (Å²) in [6.07, 6.45) is 0.830. The van der Waals surface area contributed by atoms with E-state index in [4.69, 9.17) is 11.6 Å². The van der Waals surface area contributed by atoms with Crippen LogP contribution in [0.15, 0.2) is 24.3 Å². The average Bonchev–Trinajstić information content (AvgIpc) is 3.22. The molecule has 3 rings (SSSR count). The number of aromatic nitrogens is 2. The number of carbonyl (C=O) groups is 1. The molecule has 1 aliphatic carbocycles. The monoisotopic (exact) mass is 306 g/mol. The van der Waals surface area contributed by atoms with Crippen molar-refractivity contribution in [2.75, 3.05) is 0 Å². The van der Waals surface area contributed by atoms with Crippen molar-refractivity contribution in [3.63, 3.8) is 0 Å². The second-order valence-electron chi connectivity index (χ2n) is 5.28. The van der Waals surface area contributed by atoms with E-state index in [2.05, 4.69) is 5.10 Å². The van der Waals surface area contributed by atoms with Crippen LogP contribution in [0, 0.1) is 6.92 Å². The zero-order valence-corrected chi connectivity index (χ0v) is 12.2. The van der Waals surface area contributed by atoms with Crippen molar-refractivity contribution in [3.8, 4) is 0 Å². The van der Waals surface area contributed by atoms with E-state index < -0.39 is 12.1 Å². The number of carboxylic acids is 1. The number of hydrogen-bond acceptors (Lipinski definition) is 3. The van der Waals surface area contributed by atoms with E-state index in [0.717, 1.165) is 12.8 Å². The van der Waals surface area contributed by atoms with Gasteiger partial charge in [-0.25, -0.2) is 4.79 Å². The molecule has 0 radical (unpaired) electrons. The molecule has 5 nitrogen and oxygen atoms in total. The van der Waals surface area contributed by atoms with Crippen LogP contribution in [-0.2, 0) is 0 Å². The Labute approximate surface area is 126 Å². The highest BCUT2D eigenvalue weighted by Crippen LogP contribution is 2.38. The molecule has 21 heavy (non-hydrogen) atoms. The molecule has 0 bridgehead atoms. The topological polar surface area (TPSA) is 75.4 Å². The highest BCUT2D eigenvalue weighted by Gasteiger charge is 2.34. The maximum atomic E-state index is 11.6. The summed E-state index contributed by atoms with van der Waals surface area (Å²) in [4.78, 5) is 11.6. The summed E-state index contributed by atoms with van der Waals surface area (Å²) in [5, 5.41) is 24.9. The zero-order chi connectivity index (χ0) is 15.1. The van der Waals surface area contributed by atoms with Gasteiger partial charge in [-0.3, -0.25) is 4.68 Å². The van der Waals surface area contributed by atoms with Crippen molar-refractivity contribution in [1.82, 2.24) is 9.78 Å². The minimum absolute atomic E-state index is 0.0810. The van der Waals surface area contributed by atoms with Crippen LogP contribution in [0.1, 0.15) is 52.3 Å². The fourth-order valence-electron chi connectivity index (χ4n) is 2.50. The summed E-state index contributed by atoms with van der Waals surface area (Å²) >= 11 is 5.84. The van der Waals surface area contributed by atoms with Gasteiger partial charge in [0.25, 0.3) is 0 Å². The molecule has 1 fully saturated rings. The molecule has 2 aromatic rings. The number of carboxylic acid groups (broad SMARTS) is 1. The first-order valence-corrected chi connectivity index (χ1v) is 7.12. The average molecular weight is 307 g/mol. The van der Waals surface area contributed by atoms with Gasteiger partial charge in [-0.15, -0.1) is 0 Å². The van der Waals surface area contributed by atoms with Crippen LogP contribution in [0.3, 0.4) is 0 Å². The highest BCUT2D eigenvalue weighted by molar-refractivity contribution is 6.30. The van der Waals surface area contributed by atoms with Gasteiger partial charge in [-0.2, -0.15) is 5.10 Å². The Morgan fingerprint density at radius 2 is 2.00 bits per heavy atom. The Morgan fingerprint density at radius 3 is 2.52 bits per heavy atom. The van der Waals surface area contributed by atoms with Gasteiger partial charge < -0.3 is 10.2 Å². The summed E-state index contributed by atoms with van der Waals surface area (Å²) in [7, 11) is 0. The Kier molecular flexibility index (Phi) is 3.47. The van der Waals surface area contributed by atoms with E-state index in [-0.39, 0.29) is 11.7 Å². The maximum Gasteiger partial charge on any atom is 0.354 e. The lowest BCUT2D eigenvalue weighted by Gasteiger charge is -2.12. The van der Waals surface area contributed by atoms with Crippen LogP contribution in [-0.4, -0.2) is 26.0 Å². The molecule has 2 N–H and O–H groups in total. The maximum absolute atomic E-state index is 11.6. The van der Waals surface area contributed by atoms with E-state index in [0.29, 0.717) is 21.8 Å². The summed E-state index contributed by atoms with van der Waals surface area (Å²) < 4.78 is 1.53. The van der Waals surface area contributed by atoms with E-state index in [9.17, 15) is 15.0 Å². The van der Waals surface area contributed by atoms with Crippen molar-refractivity contribution in [2.45, 2.75) is 31.9 Å². The number of benzene rings is 1. The summed E-state index contributed by atoms with van der Waals surface area (Å²) in [6, 6.07) is 6.85. The van der Waals surface area contributed by atoms with Gasteiger partial charge in [-0.1, -0.05) is 23.7 Å². The van der Waals surface area contributed by atoms with Gasteiger partial charge in [0.1, 0.15) is 6.10 Å². The summed E-state index contributed by atoms with van der Waals surface area (Å²) in [5.74, 6) is -1.06. The molecule has 0 saturated heterocycles. The van der Waals surface area contributed by atoms with Crippen LogP contribution >= 0.6 is 11.6 Å². The third-order valence-electron chi connectivity index (χ3n) is 3.69. The molecule has 1 aromatic heterocycles. The fourth-order valence-corrected chi connectivity index (χ4v) is 2.62. The zero-order valence-electron chi connectivity index (χ0n) is 11.5. The molecule has 0 amide bonds. The number of nitrogens with zero attached hydrogens (tertiary/aromatic N) is 2. The molecular formula is C15H15ClN2O3. The minimum atomic E-state index is -1.06. The van der Waals surface area contributed by atoms with Gasteiger partial charge in [-0.05, 0) is 37.5 Å². The number of halogens is 1. The lowest BCUT2D eigenvalue weighted by Crippen LogP contribution is -2.13. The van der Waals surface area contributed by atoms with Gasteiger partial charge in [0.15, 0.2) is 5.69 Å². The normalized spacial score (nSPS) is 16.0. The lowest BCUT2D eigenvalue weighted by molar-refractivity contribution is 0.0677. The summed E-state index contributed by atoms with van der Waals surface area (Å²) in [6.45, 7) is 1.72. The van der Waals surface area contributed by atoms with Crippen LogP contribution in [0.5, 0.6) is 0 Å². The number of aryl methyl sites for hydroxylation is 1. The molecule has 110 valence electrons. The molecule has 1 aromatic carbocycles. The van der Waals surface area contributed by atoms with E-state index >= 15 is 0 Å². The SMILES string of the molecule is Cc1nn(C2CC2)c(C(=O)O)c1C(O)c1ccc(Cl)cc1. The predicted octanol–water partition coefficient (Wildman–Crippen LogP) is 2.96. The molecule has 1 aliphatic rings. The van der Waals surface area contributed by atoms with Crippen LogP contribution in [0.2, 0.25) is 5.02 Å². The molecule has 1 heterocycles. The number of aromatic carboxylic acids is 1. The standard InChI is InChI=1S/C15H15ClN2O3/c1-8-12(14(19)9-2-4-10(16)5-3-9)13(15(20)21)18(17-8)11-6-7-11/h2-5,11,14,19H,6-7H2,1H3,(H,20,21). The minimum Gasteiger partial charge on any atom is -0.477 e. The molecule has 1 saturated carbocycles. The van der Waals surface area contributed by atoms with Gasteiger partial charge >= 0.3 is 5.97 Å². The second kappa shape index (κ2) is 5.16. The van der Waals surface area contributed by atoms with Crippen LogP contribution < -0.4 is 0 Å².